The molecule has 0 bridgehead atoms. The molecule has 17 heavy (non-hydrogen) atoms. The van der Waals surface area contributed by atoms with Crippen LogP contribution in [0.3, 0.4) is 0 Å². The van der Waals surface area contributed by atoms with Gasteiger partial charge in [0, 0.05) is 23.3 Å². The van der Waals surface area contributed by atoms with Gasteiger partial charge in [0.25, 0.3) is 0 Å². The molecule has 2 aliphatic heterocycles. The highest BCUT2D eigenvalue weighted by Gasteiger charge is 2.26. The quantitative estimate of drug-likeness (QED) is 0.818. The van der Waals surface area contributed by atoms with Gasteiger partial charge in [0.05, 0.1) is 0 Å². The second kappa shape index (κ2) is 4.87. The van der Waals surface area contributed by atoms with Gasteiger partial charge in [0.1, 0.15) is 0 Å². The number of likely N-dealkylation sites (tertiary alicyclic amines) is 1. The van der Waals surface area contributed by atoms with Crippen molar-refractivity contribution >= 4 is 17.3 Å². The fraction of sp³-hybridized carbons (Fsp3) is 0.571. The summed E-state index contributed by atoms with van der Waals surface area (Å²) in [4.78, 5) is 2.64. The molecule has 3 heteroatoms. The summed E-state index contributed by atoms with van der Waals surface area (Å²) in [6.07, 6.45) is 5.29. The van der Waals surface area contributed by atoms with Crippen LogP contribution in [0.5, 0.6) is 0 Å². The topological polar surface area (TPSA) is 15.3 Å². The van der Waals surface area contributed by atoms with E-state index < -0.39 is 0 Å². The van der Waals surface area contributed by atoms with Crippen molar-refractivity contribution in [3.8, 4) is 0 Å². The summed E-state index contributed by atoms with van der Waals surface area (Å²) in [5, 5.41) is 4.33. The number of benzene rings is 1. The van der Waals surface area contributed by atoms with E-state index in [9.17, 15) is 0 Å². The van der Waals surface area contributed by atoms with Crippen molar-refractivity contribution in [2.24, 2.45) is 0 Å². The summed E-state index contributed by atoms with van der Waals surface area (Å²) in [7, 11) is 0. The van der Waals surface area contributed by atoms with Gasteiger partial charge in [0.15, 0.2) is 0 Å². The molecule has 0 aromatic heterocycles. The minimum absolute atomic E-state index is 0.574. The Bertz CT molecular complexity index is 399. The third kappa shape index (κ3) is 2.29. The predicted octanol–water partition coefficient (Wildman–Crippen LogP) is 3.68. The first kappa shape index (κ1) is 11.4. The van der Waals surface area contributed by atoms with Gasteiger partial charge in [-0.3, -0.25) is 4.90 Å². The molecule has 92 valence electrons. The Morgan fingerprint density at radius 3 is 2.82 bits per heavy atom. The second-order valence-electron chi connectivity index (χ2n) is 5.06. The van der Waals surface area contributed by atoms with Crippen molar-refractivity contribution in [3.05, 3.63) is 28.8 Å². The molecule has 3 rings (SSSR count). The van der Waals surface area contributed by atoms with Crippen LogP contribution in [-0.2, 0) is 0 Å². The van der Waals surface area contributed by atoms with Crippen molar-refractivity contribution < 1.29 is 0 Å². The highest BCUT2D eigenvalue weighted by molar-refractivity contribution is 6.30. The van der Waals surface area contributed by atoms with Gasteiger partial charge in [-0.2, -0.15) is 0 Å². The molecule has 1 saturated heterocycles. The lowest BCUT2D eigenvalue weighted by Crippen LogP contribution is -2.36. The van der Waals surface area contributed by atoms with Gasteiger partial charge in [-0.15, -0.1) is 0 Å². The molecule has 1 atom stereocenters. The molecular weight excluding hydrogens is 232 g/mol. The molecule has 0 saturated carbocycles. The van der Waals surface area contributed by atoms with Crippen molar-refractivity contribution in [1.82, 2.24) is 4.90 Å². The molecular formula is C14H19ClN2. The van der Waals surface area contributed by atoms with E-state index in [0.717, 1.165) is 11.6 Å². The maximum atomic E-state index is 6.13. The van der Waals surface area contributed by atoms with E-state index in [4.69, 9.17) is 11.6 Å². The Morgan fingerprint density at radius 2 is 2.00 bits per heavy atom. The number of halogens is 1. The highest BCUT2D eigenvalue weighted by Crippen LogP contribution is 2.36. The molecule has 1 unspecified atom stereocenters. The Morgan fingerprint density at radius 1 is 1.18 bits per heavy atom. The Hall–Kier alpha value is -0.730. The maximum Gasteiger partial charge on any atom is 0.0410 e. The van der Waals surface area contributed by atoms with E-state index >= 15 is 0 Å². The molecule has 0 aliphatic carbocycles. The molecule has 2 heterocycles. The molecule has 2 nitrogen and oxygen atoms in total. The molecule has 0 amide bonds. The summed E-state index contributed by atoms with van der Waals surface area (Å²) in [6.45, 7) is 3.57. The van der Waals surface area contributed by atoms with Crippen molar-refractivity contribution in [2.45, 2.75) is 31.7 Å². The third-order valence-corrected chi connectivity index (χ3v) is 4.17. The van der Waals surface area contributed by atoms with Gasteiger partial charge in [-0.05, 0) is 56.1 Å². The van der Waals surface area contributed by atoms with Crippen LogP contribution < -0.4 is 5.32 Å². The van der Waals surface area contributed by atoms with Gasteiger partial charge < -0.3 is 5.32 Å². The average Bonchev–Trinajstić information content (AvgIpc) is 2.39. The molecule has 0 radical (unpaired) electrons. The van der Waals surface area contributed by atoms with Gasteiger partial charge in [0.2, 0.25) is 0 Å². The number of rotatable bonds is 1. The second-order valence-corrected chi connectivity index (χ2v) is 5.50. The zero-order valence-electron chi connectivity index (χ0n) is 10.1. The fourth-order valence-corrected chi connectivity index (χ4v) is 3.26. The summed E-state index contributed by atoms with van der Waals surface area (Å²) >= 11 is 6.13. The molecule has 1 N–H and O–H groups in total. The molecule has 2 aliphatic rings. The van der Waals surface area contributed by atoms with Crippen LogP contribution in [-0.4, -0.2) is 24.5 Å². The number of anilines is 1. The van der Waals surface area contributed by atoms with Crippen LogP contribution in [0.15, 0.2) is 18.2 Å². The van der Waals surface area contributed by atoms with Gasteiger partial charge >= 0.3 is 0 Å². The zero-order chi connectivity index (χ0) is 11.7. The van der Waals surface area contributed by atoms with Crippen molar-refractivity contribution in [2.75, 3.05) is 25.0 Å². The maximum absolute atomic E-state index is 6.13. The molecule has 0 spiro atoms. The van der Waals surface area contributed by atoms with Gasteiger partial charge in [-0.1, -0.05) is 18.0 Å². The Labute approximate surface area is 108 Å². The monoisotopic (exact) mass is 250 g/mol. The zero-order valence-corrected chi connectivity index (χ0v) is 10.8. The number of hydrogen-bond acceptors (Lipinski definition) is 2. The van der Waals surface area contributed by atoms with Crippen molar-refractivity contribution in [3.63, 3.8) is 0 Å². The Kier molecular flexibility index (Phi) is 3.26. The van der Waals surface area contributed by atoms with Crippen LogP contribution in [0.25, 0.3) is 0 Å². The smallest absolute Gasteiger partial charge is 0.0410 e. The Balaban J connectivity index is 1.89. The SMILES string of the molecule is Clc1ccc2c(c1)C(N1CCCCC1)CCN2. The number of fused-ring (bicyclic) bond motifs is 1. The summed E-state index contributed by atoms with van der Waals surface area (Å²) < 4.78 is 0. The van der Waals surface area contributed by atoms with E-state index in [1.807, 2.05) is 6.07 Å². The minimum Gasteiger partial charge on any atom is -0.385 e. The van der Waals surface area contributed by atoms with Crippen LogP contribution in [0, 0.1) is 0 Å². The van der Waals surface area contributed by atoms with Crippen LogP contribution >= 0.6 is 11.6 Å². The summed E-state index contributed by atoms with van der Waals surface area (Å²) in [5.41, 5.74) is 2.67. The van der Waals surface area contributed by atoms with Crippen molar-refractivity contribution in [1.29, 1.82) is 0 Å². The number of nitrogens with zero attached hydrogens (tertiary/aromatic N) is 1. The fourth-order valence-electron chi connectivity index (χ4n) is 3.08. The van der Waals surface area contributed by atoms with Crippen LogP contribution in [0.4, 0.5) is 5.69 Å². The van der Waals surface area contributed by atoms with Gasteiger partial charge in [-0.25, -0.2) is 0 Å². The van der Waals surface area contributed by atoms with E-state index in [2.05, 4.69) is 22.3 Å². The normalized spacial score (nSPS) is 25.1. The van der Waals surface area contributed by atoms with E-state index in [1.54, 1.807) is 0 Å². The standard InChI is InChI=1S/C14H19ClN2/c15-11-4-5-13-12(10-11)14(6-7-16-13)17-8-2-1-3-9-17/h4-5,10,14,16H,1-3,6-9H2. The third-order valence-electron chi connectivity index (χ3n) is 3.94. The highest BCUT2D eigenvalue weighted by atomic mass is 35.5. The lowest BCUT2D eigenvalue weighted by molar-refractivity contribution is 0.156. The average molecular weight is 251 g/mol. The molecule has 1 aromatic carbocycles. The number of hydrogen-bond donors (Lipinski definition) is 1. The number of piperidine rings is 1. The van der Waals surface area contributed by atoms with E-state index in [1.165, 1.54) is 50.0 Å². The summed E-state index contributed by atoms with van der Waals surface area (Å²) in [5.74, 6) is 0. The first-order valence-electron chi connectivity index (χ1n) is 6.62. The predicted molar refractivity (Wildman–Crippen MR) is 72.7 cm³/mol. The van der Waals surface area contributed by atoms with Crippen LogP contribution in [0.2, 0.25) is 5.02 Å². The summed E-state index contributed by atoms with van der Waals surface area (Å²) in [6, 6.07) is 6.81. The molecule has 1 fully saturated rings. The van der Waals surface area contributed by atoms with E-state index in [-0.39, 0.29) is 0 Å². The first-order valence-corrected chi connectivity index (χ1v) is 7.00. The lowest BCUT2D eigenvalue weighted by atomic mass is 9.94. The molecule has 1 aromatic rings. The lowest BCUT2D eigenvalue weighted by Gasteiger charge is -2.38. The van der Waals surface area contributed by atoms with Crippen LogP contribution in [0.1, 0.15) is 37.3 Å². The number of nitrogens with one attached hydrogen (secondary N) is 1. The largest absolute Gasteiger partial charge is 0.385 e. The van der Waals surface area contributed by atoms with E-state index in [0.29, 0.717) is 6.04 Å². The first-order chi connectivity index (χ1) is 8.34. The minimum atomic E-state index is 0.574.